The molecule has 2 aliphatic carbocycles. The van der Waals surface area contributed by atoms with Gasteiger partial charge in [-0.2, -0.15) is 0 Å². The van der Waals surface area contributed by atoms with Crippen LogP contribution in [0, 0.1) is 0 Å². The first-order valence-corrected chi connectivity index (χ1v) is 7.29. The van der Waals surface area contributed by atoms with E-state index in [0.717, 1.165) is 0 Å². The summed E-state index contributed by atoms with van der Waals surface area (Å²) in [5.74, 6) is -0.992. The third kappa shape index (κ3) is 2.45. The molecule has 0 fully saturated rings. The summed E-state index contributed by atoms with van der Waals surface area (Å²) in [5.41, 5.74) is 0.956. The topological polar surface area (TPSA) is 63.6 Å². The maximum absolute atomic E-state index is 12.5. The number of hydrogen-bond acceptors (Lipinski definition) is 4. The van der Waals surface area contributed by atoms with Crippen molar-refractivity contribution >= 4 is 46.3 Å². The van der Waals surface area contributed by atoms with Gasteiger partial charge in [0, 0.05) is 11.1 Å². The molecule has 6 heteroatoms. The molecule has 0 saturated heterocycles. The summed E-state index contributed by atoms with van der Waals surface area (Å²) in [6, 6.07) is 5.48. The van der Waals surface area contributed by atoms with Crippen LogP contribution in [0.5, 0.6) is 0 Å². The predicted octanol–water partition coefficient (Wildman–Crippen LogP) is 2.74. The van der Waals surface area contributed by atoms with Crippen LogP contribution in [-0.2, 0) is 4.79 Å². The van der Waals surface area contributed by atoms with Crippen molar-refractivity contribution in [3.63, 3.8) is 0 Å². The molecule has 4 nitrogen and oxygen atoms in total. The Morgan fingerprint density at radius 1 is 0.955 bits per heavy atom. The lowest BCUT2D eigenvalue weighted by molar-refractivity contribution is -0.110. The molecular weight excluding hydrogens is 325 g/mol. The van der Waals surface area contributed by atoms with Gasteiger partial charge in [-0.25, -0.2) is 0 Å². The average molecular weight is 334 g/mol. The minimum absolute atomic E-state index is 0.00218. The van der Waals surface area contributed by atoms with Gasteiger partial charge in [0.05, 0.1) is 10.7 Å². The number of carbonyl (C=O) groups is 3. The lowest BCUT2D eigenvalue weighted by atomic mass is 9.86. The van der Waals surface area contributed by atoms with Gasteiger partial charge in [0.2, 0.25) is 0 Å². The molecular formula is C16H9Cl2NO3. The number of halogens is 2. The standard InChI is InChI=1S/C16H9Cl2NO3/c17-11-7-8(5-6-12(11)20)19-14-13(18)15(21)9-3-1-2-4-10(9)16(14)22/h1-7,13-14H. The van der Waals surface area contributed by atoms with Crippen molar-refractivity contribution < 1.29 is 14.4 Å². The summed E-state index contributed by atoms with van der Waals surface area (Å²) >= 11 is 11.9. The molecule has 110 valence electrons. The van der Waals surface area contributed by atoms with Crippen molar-refractivity contribution in [3.05, 3.63) is 58.7 Å². The van der Waals surface area contributed by atoms with E-state index in [-0.39, 0.29) is 22.4 Å². The Labute approximate surface area is 136 Å². The van der Waals surface area contributed by atoms with Gasteiger partial charge in [0.1, 0.15) is 11.4 Å². The smallest absolute Gasteiger partial charge is 0.197 e. The van der Waals surface area contributed by atoms with Gasteiger partial charge in [-0.1, -0.05) is 35.9 Å². The maximum atomic E-state index is 12.5. The van der Waals surface area contributed by atoms with Crippen LogP contribution < -0.4 is 0 Å². The van der Waals surface area contributed by atoms with Crippen molar-refractivity contribution in [2.24, 2.45) is 4.99 Å². The van der Waals surface area contributed by atoms with Gasteiger partial charge >= 0.3 is 0 Å². The van der Waals surface area contributed by atoms with Crippen LogP contribution in [0.4, 0.5) is 0 Å². The van der Waals surface area contributed by atoms with Gasteiger partial charge in [-0.05, 0) is 18.2 Å². The molecule has 0 heterocycles. The Morgan fingerprint density at radius 2 is 1.59 bits per heavy atom. The van der Waals surface area contributed by atoms with Crippen LogP contribution in [0.3, 0.4) is 0 Å². The molecule has 22 heavy (non-hydrogen) atoms. The molecule has 0 aliphatic heterocycles. The summed E-state index contributed by atoms with van der Waals surface area (Å²) in [6.07, 6.45) is 4.05. The van der Waals surface area contributed by atoms with Crippen LogP contribution in [0.15, 0.2) is 52.5 Å². The second-order valence-corrected chi connectivity index (χ2v) is 5.74. The molecule has 1 aromatic carbocycles. The summed E-state index contributed by atoms with van der Waals surface area (Å²) < 4.78 is 0. The molecule has 0 amide bonds. The van der Waals surface area contributed by atoms with Crippen molar-refractivity contribution in [1.82, 2.24) is 0 Å². The molecule has 0 spiro atoms. The van der Waals surface area contributed by atoms with E-state index in [1.807, 2.05) is 0 Å². The molecule has 2 aliphatic rings. The van der Waals surface area contributed by atoms with Gasteiger partial charge in [-0.15, -0.1) is 11.6 Å². The molecule has 0 bridgehead atoms. The fourth-order valence-corrected chi connectivity index (χ4v) is 2.81. The highest BCUT2D eigenvalue weighted by Gasteiger charge is 2.40. The molecule has 0 aromatic heterocycles. The van der Waals surface area contributed by atoms with Crippen LogP contribution in [0.2, 0.25) is 0 Å². The van der Waals surface area contributed by atoms with Crippen LogP contribution >= 0.6 is 23.2 Å². The number of alkyl halides is 1. The fourth-order valence-electron chi connectivity index (χ4n) is 2.35. The molecule has 0 radical (unpaired) electrons. The number of ketones is 3. The molecule has 2 atom stereocenters. The Morgan fingerprint density at radius 3 is 2.23 bits per heavy atom. The first-order chi connectivity index (χ1) is 10.5. The number of hydrogen-bond donors (Lipinski definition) is 0. The third-order valence-electron chi connectivity index (χ3n) is 3.46. The SMILES string of the molecule is O=C1C=CC(=NC2C(=O)c3ccccc3C(=O)C2Cl)C=C1Cl. The largest absolute Gasteiger partial charge is 0.292 e. The maximum Gasteiger partial charge on any atom is 0.197 e. The summed E-state index contributed by atoms with van der Waals surface area (Å²) in [4.78, 5) is 40.3. The zero-order chi connectivity index (χ0) is 15.9. The Balaban J connectivity index is 2.03. The summed E-state index contributed by atoms with van der Waals surface area (Å²) in [6.45, 7) is 0. The van der Waals surface area contributed by atoms with Crippen molar-refractivity contribution in [3.8, 4) is 0 Å². The lowest BCUT2D eigenvalue weighted by Crippen LogP contribution is -2.41. The number of rotatable bonds is 1. The number of Topliss-reactive ketones (excluding diaryl/α,β-unsaturated/α-hetero) is 2. The van der Waals surface area contributed by atoms with Gasteiger partial charge in [0.15, 0.2) is 17.3 Å². The van der Waals surface area contributed by atoms with E-state index in [1.54, 1.807) is 24.3 Å². The number of allylic oxidation sites excluding steroid dienone is 4. The monoisotopic (exact) mass is 333 g/mol. The third-order valence-corrected chi connectivity index (χ3v) is 4.19. The Hall–Kier alpha value is -2.04. The highest BCUT2D eigenvalue weighted by molar-refractivity contribution is 6.47. The quantitative estimate of drug-likeness (QED) is 0.586. The number of nitrogens with zero attached hydrogens (tertiary/aromatic N) is 1. The molecule has 2 unspecified atom stereocenters. The van der Waals surface area contributed by atoms with E-state index in [4.69, 9.17) is 23.2 Å². The van der Waals surface area contributed by atoms with E-state index in [1.165, 1.54) is 18.2 Å². The van der Waals surface area contributed by atoms with Gasteiger partial charge < -0.3 is 0 Å². The van der Waals surface area contributed by atoms with E-state index < -0.39 is 11.4 Å². The fraction of sp³-hybridized carbons (Fsp3) is 0.125. The number of fused-ring (bicyclic) bond motifs is 1. The average Bonchev–Trinajstić information content (AvgIpc) is 2.53. The van der Waals surface area contributed by atoms with Gasteiger partial charge in [0.25, 0.3) is 0 Å². The lowest BCUT2D eigenvalue weighted by Gasteiger charge is -2.24. The van der Waals surface area contributed by atoms with Crippen molar-refractivity contribution in [1.29, 1.82) is 0 Å². The predicted molar refractivity (Wildman–Crippen MR) is 84.1 cm³/mol. The van der Waals surface area contributed by atoms with E-state index in [9.17, 15) is 14.4 Å². The van der Waals surface area contributed by atoms with Crippen LogP contribution in [0.1, 0.15) is 20.7 Å². The Kier molecular flexibility index (Phi) is 3.81. The summed E-state index contributed by atoms with van der Waals surface area (Å²) in [7, 11) is 0. The van der Waals surface area contributed by atoms with Crippen LogP contribution in [0.25, 0.3) is 0 Å². The Bertz CT molecular complexity index is 792. The molecule has 0 N–H and O–H groups in total. The first kappa shape index (κ1) is 14.9. The molecule has 1 aromatic rings. The van der Waals surface area contributed by atoms with Crippen molar-refractivity contribution in [2.75, 3.05) is 0 Å². The second kappa shape index (κ2) is 5.63. The number of benzene rings is 1. The van der Waals surface area contributed by atoms with Crippen molar-refractivity contribution in [2.45, 2.75) is 11.4 Å². The number of aliphatic imine (C=N–C) groups is 1. The zero-order valence-corrected chi connectivity index (χ0v) is 12.6. The minimum atomic E-state index is -1.08. The molecule has 3 rings (SSSR count). The first-order valence-electron chi connectivity index (χ1n) is 6.48. The van der Waals surface area contributed by atoms with Gasteiger partial charge in [-0.3, -0.25) is 19.4 Å². The normalized spacial score (nSPS) is 26.2. The van der Waals surface area contributed by atoms with E-state index >= 15 is 0 Å². The number of carbonyl (C=O) groups excluding carboxylic acids is 3. The minimum Gasteiger partial charge on any atom is -0.292 e. The van der Waals surface area contributed by atoms with E-state index in [0.29, 0.717) is 16.8 Å². The highest BCUT2D eigenvalue weighted by Crippen LogP contribution is 2.27. The second-order valence-electron chi connectivity index (χ2n) is 4.86. The highest BCUT2D eigenvalue weighted by atomic mass is 35.5. The zero-order valence-electron chi connectivity index (χ0n) is 11.1. The molecule has 0 saturated carbocycles. The van der Waals surface area contributed by atoms with E-state index in [2.05, 4.69) is 4.99 Å². The summed E-state index contributed by atoms with van der Waals surface area (Å²) in [5, 5.41) is -1.07. The van der Waals surface area contributed by atoms with Crippen LogP contribution in [-0.4, -0.2) is 34.5 Å².